The van der Waals surface area contributed by atoms with E-state index in [2.05, 4.69) is 22.9 Å². The van der Waals surface area contributed by atoms with Gasteiger partial charge >= 0.3 is 0 Å². The fourth-order valence-corrected chi connectivity index (χ4v) is 3.65. The van der Waals surface area contributed by atoms with E-state index in [1.807, 2.05) is 12.1 Å². The molecule has 0 radical (unpaired) electrons. The van der Waals surface area contributed by atoms with Gasteiger partial charge in [-0.15, -0.1) is 0 Å². The van der Waals surface area contributed by atoms with Crippen LogP contribution in [0.25, 0.3) is 0 Å². The molecular weight excluding hydrogens is 320 g/mol. The number of benzene rings is 1. The van der Waals surface area contributed by atoms with E-state index in [0.29, 0.717) is 27.5 Å². The van der Waals surface area contributed by atoms with Crippen molar-refractivity contribution in [3.63, 3.8) is 0 Å². The number of Topliss-reactive ketones (excluding diaryl/α,β-unsaturated/α-hetero) is 1. The number of halogens is 1. The van der Waals surface area contributed by atoms with Crippen LogP contribution in [0.15, 0.2) is 16.6 Å². The van der Waals surface area contributed by atoms with Gasteiger partial charge in [0.15, 0.2) is 5.78 Å². The quantitative estimate of drug-likeness (QED) is 0.758. The minimum absolute atomic E-state index is 0.118. The Balaban J connectivity index is 2.32. The highest BCUT2D eigenvalue weighted by atomic mass is 79.9. The average Bonchev–Trinajstić information content (AvgIpc) is 2.46. The van der Waals surface area contributed by atoms with E-state index in [4.69, 9.17) is 9.47 Å². The van der Waals surface area contributed by atoms with Gasteiger partial charge in [0.2, 0.25) is 0 Å². The second-order valence-corrected chi connectivity index (χ2v) is 6.29. The number of carbonyl (C=O) groups is 1. The van der Waals surface area contributed by atoms with Crippen molar-refractivity contribution in [3.05, 3.63) is 22.2 Å². The third-order valence-electron chi connectivity index (χ3n) is 4.06. The summed E-state index contributed by atoms with van der Waals surface area (Å²) in [5, 5.41) is 0. The molecule has 0 bridgehead atoms. The lowest BCUT2D eigenvalue weighted by molar-refractivity contribution is 0.0865. The fraction of sp³-hybridized carbons (Fsp3) is 0.562. The molecule has 0 N–H and O–H groups in total. The summed E-state index contributed by atoms with van der Waals surface area (Å²) in [6, 6.07) is 3.62. The first-order valence-electron chi connectivity index (χ1n) is 7.03. The number of ether oxygens (including phenoxy) is 2. The van der Waals surface area contributed by atoms with Crippen molar-refractivity contribution in [1.82, 2.24) is 0 Å². The molecule has 110 valence electrons. The molecule has 0 saturated heterocycles. The molecule has 1 aromatic carbocycles. The molecular formula is C16H21BrO3. The Kier molecular flexibility index (Phi) is 5.08. The Morgan fingerprint density at radius 1 is 1.25 bits per heavy atom. The number of carbonyl (C=O) groups excluding carboxylic acids is 1. The standard InChI is InChI=1S/C16H21BrO3/c1-10-5-4-6-11(9-10)15(18)12-7-8-13(19-2)14(17)16(12)20-3/h7-8,10-11H,4-6,9H2,1-3H3. The molecule has 1 aliphatic carbocycles. The normalized spacial score (nSPS) is 22.4. The molecule has 0 heterocycles. The summed E-state index contributed by atoms with van der Waals surface area (Å²) in [5.41, 5.74) is 0.652. The molecule has 2 unspecified atom stereocenters. The fourth-order valence-electron chi connectivity index (χ4n) is 2.98. The highest BCUT2D eigenvalue weighted by molar-refractivity contribution is 9.10. The molecule has 1 aliphatic rings. The summed E-state index contributed by atoms with van der Waals surface area (Å²) in [7, 11) is 3.18. The minimum atomic E-state index is 0.118. The zero-order valence-corrected chi connectivity index (χ0v) is 13.8. The lowest BCUT2D eigenvalue weighted by atomic mass is 9.78. The van der Waals surface area contributed by atoms with Crippen LogP contribution in [-0.2, 0) is 0 Å². The summed E-state index contributed by atoms with van der Waals surface area (Å²) in [6.07, 6.45) is 4.33. The third-order valence-corrected chi connectivity index (χ3v) is 4.81. The molecule has 3 nitrogen and oxygen atoms in total. The Morgan fingerprint density at radius 2 is 2.00 bits per heavy atom. The highest BCUT2D eigenvalue weighted by Crippen LogP contribution is 2.40. The molecule has 1 saturated carbocycles. The largest absolute Gasteiger partial charge is 0.495 e. The first-order valence-corrected chi connectivity index (χ1v) is 7.82. The van der Waals surface area contributed by atoms with Gasteiger partial charge < -0.3 is 9.47 Å². The molecule has 0 amide bonds. The zero-order valence-electron chi connectivity index (χ0n) is 12.2. The maximum atomic E-state index is 12.7. The van der Waals surface area contributed by atoms with Crippen molar-refractivity contribution in [2.75, 3.05) is 14.2 Å². The summed E-state index contributed by atoms with van der Waals surface area (Å²) in [5.74, 6) is 2.19. The maximum absolute atomic E-state index is 12.7. The van der Waals surface area contributed by atoms with Crippen LogP contribution >= 0.6 is 15.9 Å². The number of ketones is 1. The Labute approximate surface area is 128 Å². The van der Waals surface area contributed by atoms with Crippen molar-refractivity contribution >= 4 is 21.7 Å². The monoisotopic (exact) mass is 340 g/mol. The molecule has 1 aromatic rings. The first kappa shape index (κ1) is 15.4. The minimum Gasteiger partial charge on any atom is -0.495 e. The van der Waals surface area contributed by atoms with Gasteiger partial charge in [0.25, 0.3) is 0 Å². The lowest BCUT2D eigenvalue weighted by Crippen LogP contribution is -2.22. The van der Waals surface area contributed by atoms with Crippen LogP contribution in [0.1, 0.15) is 43.0 Å². The van der Waals surface area contributed by atoms with E-state index in [9.17, 15) is 4.79 Å². The summed E-state index contributed by atoms with van der Waals surface area (Å²) in [6.45, 7) is 2.22. The van der Waals surface area contributed by atoms with Crippen molar-refractivity contribution < 1.29 is 14.3 Å². The van der Waals surface area contributed by atoms with Crippen LogP contribution in [0.4, 0.5) is 0 Å². The second kappa shape index (κ2) is 6.61. The molecule has 0 aromatic heterocycles. The number of hydrogen-bond acceptors (Lipinski definition) is 3. The number of rotatable bonds is 4. The van der Waals surface area contributed by atoms with Gasteiger partial charge in [-0.05, 0) is 46.8 Å². The Bertz CT molecular complexity index is 499. The van der Waals surface area contributed by atoms with E-state index in [1.165, 1.54) is 6.42 Å². The van der Waals surface area contributed by atoms with Gasteiger partial charge in [0, 0.05) is 5.92 Å². The molecule has 2 atom stereocenters. The van der Waals surface area contributed by atoms with E-state index in [1.54, 1.807) is 14.2 Å². The highest BCUT2D eigenvalue weighted by Gasteiger charge is 2.28. The third kappa shape index (κ3) is 3.00. The molecule has 2 rings (SSSR count). The Morgan fingerprint density at radius 3 is 2.60 bits per heavy atom. The Hall–Kier alpha value is -1.03. The van der Waals surface area contributed by atoms with Crippen LogP contribution in [0.5, 0.6) is 11.5 Å². The van der Waals surface area contributed by atoms with Gasteiger partial charge in [-0.1, -0.05) is 19.8 Å². The molecule has 1 fully saturated rings. The molecule has 0 aliphatic heterocycles. The second-order valence-electron chi connectivity index (χ2n) is 5.50. The van der Waals surface area contributed by atoms with Crippen molar-refractivity contribution in [3.8, 4) is 11.5 Å². The van der Waals surface area contributed by atoms with Crippen LogP contribution in [-0.4, -0.2) is 20.0 Å². The summed E-state index contributed by atoms with van der Waals surface area (Å²) < 4.78 is 11.4. The first-order chi connectivity index (χ1) is 9.58. The predicted octanol–water partition coefficient (Wildman–Crippen LogP) is 4.48. The van der Waals surface area contributed by atoms with Gasteiger partial charge in [0.1, 0.15) is 16.0 Å². The summed E-state index contributed by atoms with van der Waals surface area (Å²) >= 11 is 3.45. The predicted molar refractivity (Wildman–Crippen MR) is 82.7 cm³/mol. The van der Waals surface area contributed by atoms with E-state index >= 15 is 0 Å². The van der Waals surface area contributed by atoms with E-state index < -0.39 is 0 Å². The zero-order chi connectivity index (χ0) is 14.7. The maximum Gasteiger partial charge on any atom is 0.169 e. The van der Waals surface area contributed by atoms with Crippen LogP contribution in [0.3, 0.4) is 0 Å². The molecule has 0 spiro atoms. The lowest BCUT2D eigenvalue weighted by Gasteiger charge is -2.26. The van der Waals surface area contributed by atoms with Crippen molar-refractivity contribution in [1.29, 1.82) is 0 Å². The van der Waals surface area contributed by atoms with Gasteiger partial charge in [0.05, 0.1) is 19.8 Å². The SMILES string of the molecule is COc1ccc(C(=O)C2CCCC(C)C2)c(OC)c1Br. The van der Waals surface area contributed by atoms with Gasteiger partial charge in [-0.25, -0.2) is 0 Å². The van der Waals surface area contributed by atoms with Crippen LogP contribution in [0, 0.1) is 11.8 Å². The van der Waals surface area contributed by atoms with Crippen molar-refractivity contribution in [2.24, 2.45) is 11.8 Å². The van der Waals surface area contributed by atoms with E-state index in [0.717, 1.165) is 19.3 Å². The molecule has 4 heteroatoms. The van der Waals surface area contributed by atoms with Crippen molar-refractivity contribution in [2.45, 2.75) is 32.6 Å². The average molecular weight is 341 g/mol. The van der Waals surface area contributed by atoms with Gasteiger partial charge in [-0.3, -0.25) is 4.79 Å². The van der Waals surface area contributed by atoms with Gasteiger partial charge in [-0.2, -0.15) is 0 Å². The topological polar surface area (TPSA) is 35.5 Å². The smallest absolute Gasteiger partial charge is 0.169 e. The van der Waals surface area contributed by atoms with Crippen LogP contribution in [0.2, 0.25) is 0 Å². The van der Waals surface area contributed by atoms with Crippen LogP contribution < -0.4 is 9.47 Å². The number of hydrogen-bond donors (Lipinski definition) is 0. The van der Waals surface area contributed by atoms with E-state index in [-0.39, 0.29) is 11.7 Å². The summed E-state index contributed by atoms with van der Waals surface area (Å²) in [4.78, 5) is 12.7. The number of methoxy groups -OCH3 is 2. The molecule has 20 heavy (non-hydrogen) atoms.